The van der Waals surface area contributed by atoms with Crippen LogP contribution in [0.15, 0.2) is 77.3 Å². The molecule has 0 fully saturated rings. The number of thiophene rings is 1. The molecule has 2 heterocycles. The number of halogens is 1. The van der Waals surface area contributed by atoms with Crippen LogP contribution in [-0.4, -0.2) is 4.57 Å². The minimum Gasteiger partial charge on any atom is -0.309 e. The molecule has 0 saturated heterocycles. The molecule has 0 amide bonds. The van der Waals surface area contributed by atoms with Gasteiger partial charge in [-0.15, -0.1) is 11.3 Å². The third kappa shape index (κ3) is 3.04. The SMILES string of the molecule is CC1(C)CCC(C)(C)c2cc3c(cc21)c1ccccc1n3-c1ccc2c(c1)sc1cccc(Br)c12. The summed E-state index contributed by atoms with van der Waals surface area (Å²) in [6.45, 7) is 9.67. The minimum atomic E-state index is 0.183. The van der Waals surface area contributed by atoms with Crippen molar-refractivity contribution in [2.75, 3.05) is 0 Å². The van der Waals surface area contributed by atoms with E-state index in [9.17, 15) is 0 Å². The lowest BCUT2D eigenvalue weighted by Crippen LogP contribution is -2.33. The quantitative estimate of drug-likeness (QED) is 0.196. The topological polar surface area (TPSA) is 4.93 Å². The van der Waals surface area contributed by atoms with Crippen LogP contribution < -0.4 is 0 Å². The monoisotopic (exact) mass is 537 g/mol. The Morgan fingerprint density at radius 1 is 0.686 bits per heavy atom. The molecule has 0 aliphatic heterocycles. The van der Waals surface area contributed by atoms with E-state index >= 15 is 0 Å². The molecule has 1 aliphatic carbocycles. The van der Waals surface area contributed by atoms with Crippen molar-refractivity contribution >= 4 is 69.2 Å². The van der Waals surface area contributed by atoms with Gasteiger partial charge >= 0.3 is 0 Å². The molecule has 35 heavy (non-hydrogen) atoms. The summed E-state index contributed by atoms with van der Waals surface area (Å²) < 4.78 is 6.31. The second-order valence-electron chi connectivity index (χ2n) is 11.4. The summed E-state index contributed by atoms with van der Waals surface area (Å²) in [5, 5.41) is 5.34. The van der Waals surface area contributed by atoms with E-state index in [0.29, 0.717) is 0 Å². The molecular formula is C32H28BrNS. The molecule has 6 aromatic rings. The van der Waals surface area contributed by atoms with Gasteiger partial charge in [0.05, 0.1) is 11.0 Å². The van der Waals surface area contributed by atoms with Crippen LogP contribution in [-0.2, 0) is 10.8 Å². The lowest BCUT2D eigenvalue weighted by Gasteiger charge is -2.42. The van der Waals surface area contributed by atoms with E-state index in [0.717, 1.165) is 0 Å². The highest BCUT2D eigenvalue weighted by Gasteiger charge is 2.37. The molecule has 0 radical (unpaired) electrons. The summed E-state index contributed by atoms with van der Waals surface area (Å²) >= 11 is 5.65. The van der Waals surface area contributed by atoms with Crippen LogP contribution in [0.2, 0.25) is 0 Å². The van der Waals surface area contributed by atoms with Crippen LogP contribution in [0.25, 0.3) is 47.7 Å². The summed E-state index contributed by atoms with van der Waals surface area (Å²) in [6.07, 6.45) is 2.46. The van der Waals surface area contributed by atoms with Crippen LogP contribution in [0.5, 0.6) is 0 Å². The van der Waals surface area contributed by atoms with E-state index in [-0.39, 0.29) is 10.8 Å². The first-order valence-electron chi connectivity index (χ1n) is 12.4. The maximum Gasteiger partial charge on any atom is 0.0544 e. The number of rotatable bonds is 1. The Hall–Kier alpha value is -2.62. The van der Waals surface area contributed by atoms with Gasteiger partial charge in [0, 0.05) is 41.1 Å². The number of hydrogen-bond donors (Lipinski definition) is 0. The van der Waals surface area contributed by atoms with Gasteiger partial charge in [0.25, 0.3) is 0 Å². The second kappa shape index (κ2) is 7.21. The molecule has 1 aliphatic rings. The van der Waals surface area contributed by atoms with Gasteiger partial charge in [-0.3, -0.25) is 0 Å². The molecule has 4 aromatic carbocycles. The first-order chi connectivity index (χ1) is 16.7. The molecule has 0 unspecified atom stereocenters. The fourth-order valence-electron chi connectivity index (χ4n) is 6.22. The van der Waals surface area contributed by atoms with E-state index in [4.69, 9.17) is 0 Å². The van der Waals surface area contributed by atoms with Gasteiger partial charge in [0.1, 0.15) is 0 Å². The van der Waals surface area contributed by atoms with Crippen molar-refractivity contribution in [3.8, 4) is 5.69 Å². The predicted molar refractivity (Wildman–Crippen MR) is 157 cm³/mol. The molecular weight excluding hydrogens is 510 g/mol. The zero-order valence-corrected chi connectivity index (χ0v) is 23.0. The number of nitrogens with zero attached hydrogens (tertiary/aromatic N) is 1. The second-order valence-corrected chi connectivity index (χ2v) is 13.4. The van der Waals surface area contributed by atoms with Crippen LogP contribution in [0.4, 0.5) is 0 Å². The molecule has 0 bridgehead atoms. The molecule has 2 aromatic heterocycles. The molecule has 1 nitrogen and oxygen atoms in total. The van der Waals surface area contributed by atoms with Crippen molar-refractivity contribution < 1.29 is 0 Å². The van der Waals surface area contributed by atoms with Crippen LogP contribution in [0.1, 0.15) is 51.7 Å². The number of benzene rings is 4. The van der Waals surface area contributed by atoms with Gasteiger partial charge in [0.2, 0.25) is 0 Å². The van der Waals surface area contributed by atoms with E-state index in [1.807, 2.05) is 11.3 Å². The zero-order chi connectivity index (χ0) is 24.1. The van der Waals surface area contributed by atoms with Gasteiger partial charge in [0.15, 0.2) is 0 Å². The highest BCUT2D eigenvalue weighted by molar-refractivity contribution is 9.10. The van der Waals surface area contributed by atoms with Gasteiger partial charge in [-0.25, -0.2) is 0 Å². The van der Waals surface area contributed by atoms with Crippen molar-refractivity contribution in [3.63, 3.8) is 0 Å². The first kappa shape index (κ1) is 21.6. The van der Waals surface area contributed by atoms with Crippen molar-refractivity contribution in [2.24, 2.45) is 0 Å². The molecule has 0 atom stereocenters. The van der Waals surface area contributed by atoms with Gasteiger partial charge < -0.3 is 4.57 Å². The average molecular weight is 539 g/mol. The standard InChI is InChI=1S/C32H28BrNS/c1-31(2)14-15-32(3,4)24-18-27-22(17-23(24)31)20-8-5-6-10-26(20)34(27)19-12-13-21-29(16-19)35-28-11-7-9-25(33)30(21)28/h5-13,16-18H,14-15H2,1-4H3. The van der Waals surface area contributed by atoms with E-state index < -0.39 is 0 Å². The normalized spacial score (nSPS) is 16.9. The summed E-state index contributed by atoms with van der Waals surface area (Å²) in [5.41, 5.74) is 7.25. The lowest BCUT2D eigenvalue weighted by molar-refractivity contribution is 0.332. The number of hydrogen-bond acceptors (Lipinski definition) is 1. The van der Waals surface area contributed by atoms with Crippen molar-refractivity contribution in [1.82, 2.24) is 4.57 Å². The van der Waals surface area contributed by atoms with Crippen molar-refractivity contribution in [1.29, 1.82) is 0 Å². The lowest BCUT2D eigenvalue weighted by atomic mass is 9.63. The number of para-hydroxylation sites is 1. The molecule has 7 rings (SSSR count). The Balaban J connectivity index is 1.58. The number of fused-ring (bicyclic) bond motifs is 7. The molecule has 0 spiro atoms. The minimum absolute atomic E-state index is 0.183. The van der Waals surface area contributed by atoms with Crippen LogP contribution in [0.3, 0.4) is 0 Å². The maximum atomic E-state index is 3.78. The van der Waals surface area contributed by atoms with E-state index in [1.165, 1.54) is 76.1 Å². The Bertz CT molecular complexity index is 1810. The smallest absolute Gasteiger partial charge is 0.0544 e. The summed E-state index contributed by atoms with van der Waals surface area (Å²) in [6, 6.07) is 27.4. The average Bonchev–Trinajstić information content (AvgIpc) is 3.37. The summed E-state index contributed by atoms with van der Waals surface area (Å²) in [5.74, 6) is 0. The van der Waals surface area contributed by atoms with Crippen LogP contribution >= 0.6 is 27.3 Å². The van der Waals surface area contributed by atoms with Gasteiger partial charge in [-0.1, -0.05) is 74.0 Å². The first-order valence-corrected chi connectivity index (χ1v) is 14.0. The summed E-state index contributed by atoms with van der Waals surface area (Å²) in [4.78, 5) is 0. The molecule has 3 heteroatoms. The Labute approximate surface area is 218 Å². The molecule has 0 N–H and O–H groups in total. The van der Waals surface area contributed by atoms with Crippen molar-refractivity contribution in [3.05, 3.63) is 88.4 Å². The fourth-order valence-corrected chi connectivity index (χ4v) is 8.09. The van der Waals surface area contributed by atoms with Crippen molar-refractivity contribution in [2.45, 2.75) is 51.4 Å². The Morgan fingerprint density at radius 2 is 1.43 bits per heavy atom. The molecule has 174 valence electrons. The number of aromatic nitrogens is 1. The highest BCUT2D eigenvalue weighted by atomic mass is 79.9. The Kier molecular flexibility index (Phi) is 4.46. The highest BCUT2D eigenvalue weighted by Crippen LogP contribution is 2.48. The third-order valence-corrected chi connectivity index (χ3v) is 10.1. The van der Waals surface area contributed by atoms with Gasteiger partial charge in [-0.2, -0.15) is 0 Å². The Morgan fingerprint density at radius 3 is 2.23 bits per heavy atom. The maximum absolute atomic E-state index is 3.78. The fraction of sp³-hybridized carbons (Fsp3) is 0.250. The predicted octanol–water partition coefficient (Wildman–Crippen LogP) is 10.3. The van der Waals surface area contributed by atoms with Gasteiger partial charge in [-0.05, 0) is 77.3 Å². The summed E-state index contributed by atoms with van der Waals surface area (Å²) in [7, 11) is 0. The van der Waals surface area contributed by atoms with Crippen LogP contribution in [0, 0.1) is 0 Å². The van der Waals surface area contributed by atoms with E-state index in [2.05, 4.69) is 121 Å². The third-order valence-electron chi connectivity index (χ3n) is 8.33. The zero-order valence-electron chi connectivity index (χ0n) is 20.6. The van der Waals surface area contributed by atoms with E-state index in [1.54, 1.807) is 0 Å². The molecule has 0 saturated carbocycles. The largest absolute Gasteiger partial charge is 0.309 e.